The molecule has 0 heterocycles. The summed E-state index contributed by atoms with van der Waals surface area (Å²) in [6.07, 6.45) is 9.46. The average Bonchev–Trinajstić information content (AvgIpc) is 2.19. The van der Waals surface area contributed by atoms with Gasteiger partial charge in [-0.25, -0.2) is 14.8 Å². The van der Waals surface area contributed by atoms with Gasteiger partial charge in [0, 0.05) is 12.4 Å². The molecule has 3 nitrogen and oxygen atoms in total. The van der Waals surface area contributed by atoms with Gasteiger partial charge in [-0.2, -0.15) is 0 Å². The number of aliphatic imine (C=N–C) groups is 2. The molecule has 0 spiro atoms. The standard InChI is InChI=1S/C11H20N2O/c1-3-5-7-9-12-11(14)13-10-8-6-4-2/h9-10H,3-8H2,1-2H3. The molecule has 14 heavy (non-hydrogen) atoms. The Hall–Kier alpha value is -0.990. The lowest BCUT2D eigenvalue weighted by molar-refractivity contribution is 0.257. The predicted molar refractivity (Wildman–Crippen MR) is 61.4 cm³/mol. The van der Waals surface area contributed by atoms with Gasteiger partial charge in [0.25, 0.3) is 0 Å². The van der Waals surface area contributed by atoms with E-state index in [9.17, 15) is 4.79 Å². The first-order valence-electron chi connectivity index (χ1n) is 5.40. The lowest BCUT2D eigenvalue weighted by Gasteiger charge is -1.88. The molecule has 0 radical (unpaired) electrons. The van der Waals surface area contributed by atoms with Crippen LogP contribution >= 0.6 is 0 Å². The number of amides is 2. The van der Waals surface area contributed by atoms with Gasteiger partial charge in [0.05, 0.1) is 0 Å². The van der Waals surface area contributed by atoms with E-state index in [1.54, 1.807) is 12.4 Å². The monoisotopic (exact) mass is 196 g/mol. The Bertz CT molecular complexity index is 177. The maximum atomic E-state index is 11.0. The Morgan fingerprint density at radius 2 is 1.43 bits per heavy atom. The summed E-state index contributed by atoms with van der Waals surface area (Å²) < 4.78 is 0. The third-order valence-electron chi connectivity index (χ3n) is 1.78. The maximum Gasteiger partial charge on any atom is 0.366 e. The number of rotatable bonds is 6. The summed E-state index contributed by atoms with van der Waals surface area (Å²) in [6.45, 7) is 4.22. The van der Waals surface area contributed by atoms with Crippen LogP contribution in [0.15, 0.2) is 9.98 Å². The Labute approximate surface area is 86.3 Å². The molecule has 0 saturated carbocycles. The Balaban J connectivity index is 3.53. The van der Waals surface area contributed by atoms with Crippen LogP contribution in [0.5, 0.6) is 0 Å². The van der Waals surface area contributed by atoms with E-state index in [0.717, 1.165) is 38.5 Å². The van der Waals surface area contributed by atoms with Crippen molar-refractivity contribution in [3.05, 3.63) is 0 Å². The van der Waals surface area contributed by atoms with Crippen molar-refractivity contribution in [2.45, 2.75) is 52.4 Å². The fourth-order valence-corrected chi connectivity index (χ4v) is 0.909. The van der Waals surface area contributed by atoms with E-state index in [1.165, 1.54) is 0 Å². The summed E-state index contributed by atoms with van der Waals surface area (Å²) in [7, 11) is 0. The first kappa shape index (κ1) is 13.0. The quantitative estimate of drug-likeness (QED) is 0.472. The highest BCUT2D eigenvalue weighted by molar-refractivity contribution is 5.89. The molecule has 80 valence electrons. The van der Waals surface area contributed by atoms with Gasteiger partial charge in [0.1, 0.15) is 0 Å². The number of urea groups is 1. The van der Waals surface area contributed by atoms with Gasteiger partial charge in [-0.3, -0.25) is 0 Å². The molecule has 0 rings (SSSR count). The molecule has 0 aromatic carbocycles. The fourth-order valence-electron chi connectivity index (χ4n) is 0.909. The SMILES string of the molecule is CCCCC=NC(=O)N=CCCCC. The second kappa shape index (κ2) is 10.1. The zero-order valence-electron chi connectivity index (χ0n) is 9.20. The van der Waals surface area contributed by atoms with Crippen molar-refractivity contribution in [1.29, 1.82) is 0 Å². The Morgan fingerprint density at radius 3 is 1.79 bits per heavy atom. The molecule has 0 unspecified atom stereocenters. The molecular weight excluding hydrogens is 176 g/mol. The Kier molecular flexibility index (Phi) is 9.38. The van der Waals surface area contributed by atoms with Crippen molar-refractivity contribution >= 4 is 18.5 Å². The van der Waals surface area contributed by atoms with Gasteiger partial charge in [-0.1, -0.05) is 26.7 Å². The van der Waals surface area contributed by atoms with Crippen LogP contribution < -0.4 is 0 Å². The number of unbranched alkanes of at least 4 members (excludes halogenated alkanes) is 4. The van der Waals surface area contributed by atoms with E-state index >= 15 is 0 Å². The molecule has 0 aliphatic heterocycles. The van der Waals surface area contributed by atoms with Crippen molar-refractivity contribution in [1.82, 2.24) is 0 Å². The minimum atomic E-state index is -0.378. The molecule has 0 aromatic rings. The van der Waals surface area contributed by atoms with Gasteiger partial charge in [-0.05, 0) is 25.7 Å². The summed E-state index contributed by atoms with van der Waals surface area (Å²) in [5, 5.41) is 0. The van der Waals surface area contributed by atoms with E-state index in [4.69, 9.17) is 0 Å². The van der Waals surface area contributed by atoms with Crippen molar-refractivity contribution < 1.29 is 4.79 Å². The molecule has 0 fully saturated rings. The third kappa shape index (κ3) is 9.10. The van der Waals surface area contributed by atoms with Crippen molar-refractivity contribution in [3.63, 3.8) is 0 Å². The van der Waals surface area contributed by atoms with Crippen LogP contribution in [0.3, 0.4) is 0 Å². The summed E-state index contributed by atoms with van der Waals surface area (Å²) in [6, 6.07) is -0.378. The van der Waals surface area contributed by atoms with Crippen LogP contribution in [0.2, 0.25) is 0 Å². The van der Waals surface area contributed by atoms with Gasteiger partial charge in [0.2, 0.25) is 0 Å². The van der Waals surface area contributed by atoms with E-state index in [0.29, 0.717) is 0 Å². The molecule has 0 N–H and O–H groups in total. The van der Waals surface area contributed by atoms with Crippen molar-refractivity contribution in [2.24, 2.45) is 9.98 Å². The van der Waals surface area contributed by atoms with Gasteiger partial charge >= 0.3 is 6.03 Å². The summed E-state index contributed by atoms with van der Waals surface area (Å²) in [5.74, 6) is 0. The van der Waals surface area contributed by atoms with Crippen LogP contribution in [0, 0.1) is 0 Å². The molecule has 0 aliphatic rings. The Morgan fingerprint density at radius 1 is 1.00 bits per heavy atom. The number of carbonyl (C=O) groups excluding carboxylic acids is 1. The number of carbonyl (C=O) groups is 1. The largest absolute Gasteiger partial charge is 0.366 e. The number of hydrogen-bond donors (Lipinski definition) is 0. The normalized spacial score (nSPS) is 11.6. The lowest BCUT2D eigenvalue weighted by atomic mass is 10.3. The van der Waals surface area contributed by atoms with Crippen LogP contribution in [-0.2, 0) is 0 Å². The van der Waals surface area contributed by atoms with Crippen LogP contribution in [0.1, 0.15) is 52.4 Å². The zero-order valence-corrected chi connectivity index (χ0v) is 9.20. The zero-order chi connectivity index (χ0) is 10.6. The summed E-state index contributed by atoms with van der Waals surface area (Å²) in [4.78, 5) is 18.4. The minimum Gasteiger partial charge on any atom is -0.244 e. The van der Waals surface area contributed by atoms with E-state index in [-0.39, 0.29) is 6.03 Å². The smallest absolute Gasteiger partial charge is 0.244 e. The van der Waals surface area contributed by atoms with Crippen LogP contribution in [0.4, 0.5) is 4.79 Å². The summed E-state index contributed by atoms with van der Waals surface area (Å²) >= 11 is 0. The topological polar surface area (TPSA) is 41.8 Å². The predicted octanol–water partition coefficient (Wildman–Crippen LogP) is 3.63. The van der Waals surface area contributed by atoms with Crippen molar-refractivity contribution in [3.8, 4) is 0 Å². The van der Waals surface area contributed by atoms with Crippen LogP contribution in [-0.4, -0.2) is 18.5 Å². The van der Waals surface area contributed by atoms with E-state index < -0.39 is 0 Å². The minimum absolute atomic E-state index is 0.378. The third-order valence-corrected chi connectivity index (χ3v) is 1.78. The van der Waals surface area contributed by atoms with Gasteiger partial charge in [0.15, 0.2) is 0 Å². The second-order valence-electron chi connectivity index (χ2n) is 3.19. The van der Waals surface area contributed by atoms with Gasteiger partial charge < -0.3 is 0 Å². The fraction of sp³-hybridized carbons (Fsp3) is 0.727. The molecule has 2 amide bonds. The molecule has 0 atom stereocenters. The highest BCUT2D eigenvalue weighted by atomic mass is 16.2. The average molecular weight is 196 g/mol. The van der Waals surface area contributed by atoms with Crippen molar-refractivity contribution in [2.75, 3.05) is 0 Å². The molecule has 3 heteroatoms. The molecule has 0 aromatic heterocycles. The number of nitrogens with zero attached hydrogens (tertiary/aromatic N) is 2. The highest BCUT2D eigenvalue weighted by Gasteiger charge is 1.89. The number of hydrogen-bond acceptors (Lipinski definition) is 1. The molecule has 0 bridgehead atoms. The molecule has 0 aliphatic carbocycles. The highest BCUT2D eigenvalue weighted by Crippen LogP contribution is 1.92. The van der Waals surface area contributed by atoms with E-state index in [1.807, 2.05) is 0 Å². The second-order valence-corrected chi connectivity index (χ2v) is 3.19. The maximum absolute atomic E-state index is 11.0. The van der Waals surface area contributed by atoms with Gasteiger partial charge in [-0.15, -0.1) is 0 Å². The van der Waals surface area contributed by atoms with E-state index in [2.05, 4.69) is 23.8 Å². The first-order valence-corrected chi connectivity index (χ1v) is 5.40. The lowest BCUT2D eigenvalue weighted by Crippen LogP contribution is -1.87. The first-order chi connectivity index (χ1) is 6.81. The molecular formula is C11H20N2O. The summed E-state index contributed by atoms with van der Waals surface area (Å²) in [5.41, 5.74) is 0. The van der Waals surface area contributed by atoms with Crippen LogP contribution in [0.25, 0.3) is 0 Å². The molecule has 0 saturated heterocycles.